The maximum atomic E-state index is 8.07. The van der Waals surface area contributed by atoms with E-state index in [0.717, 1.165) is 116 Å². The second-order valence-corrected chi connectivity index (χ2v) is 32.3. The molecule has 0 fully saturated rings. The molecule has 0 N–H and O–H groups in total. The first-order valence-electron chi connectivity index (χ1n) is 58.2. The first kappa shape index (κ1) is 78.7. The summed E-state index contributed by atoms with van der Waals surface area (Å²) < 4.78 is 225. The molecule has 742 valence electrons. The topological polar surface area (TPSA) is 207 Å². The van der Waals surface area contributed by atoms with Crippen molar-refractivity contribution in [1.29, 1.82) is 0 Å². The largest absolute Gasteiger partial charge is 0.486 e. The molecule has 0 saturated heterocycles. The van der Waals surface area contributed by atoms with Gasteiger partial charge in [-0.2, -0.15) is 0 Å². The van der Waals surface area contributed by atoms with Gasteiger partial charge in [-0.25, -0.2) is 19.9 Å². The maximum absolute atomic E-state index is 8.07. The molecule has 0 aliphatic carbocycles. The number of benzene rings is 8. The molecule has 0 aliphatic rings. The minimum Gasteiger partial charge on any atom is -0.486 e. The number of fused-ring (bicyclic) bond motifs is 12. The summed E-state index contributed by atoms with van der Waals surface area (Å²) in [4.78, 5) is 51.6. The molecule has 24 rings (SSSR count). The van der Waals surface area contributed by atoms with Crippen molar-refractivity contribution in [2.75, 3.05) is 0 Å². The van der Waals surface area contributed by atoms with E-state index in [9.17, 15) is 0 Å². The van der Waals surface area contributed by atoms with Crippen LogP contribution in [0.2, 0.25) is 0 Å². The molecule has 8 aromatic carbocycles. The number of aryl methyl sites for hydroxylation is 15. The Morgan fingerprint density at radius 3 is 0.830 bits per heavy atom. The molecule has 16 heterocycles. The van der Waals surface area contributed by atoms with Crippen LogP contribution in [-0.2, 0) is 106 Å². The van der Waals surface area contributed by atoms with E-state index in [1.54, 1.807) is 67.8 Å². The quantitative estimate of drug-likeness (QED) is 0.104. The molecule has 16 aromatic heterocycles. The molecule has 0 atom stereocenters. The summed E-state index contributed by atoms with van der Waals surface area (Å²) in [5.74, 6) is 0. The molecule has 0 amide bonds. The van der Waals surface area contributed by atoms with Crippen molar-refractivity contribution in [2.45, 2.75) is 129 Å². The van der Waals surface area contributed by atoms with Crippen LogP contribution in [0.15, 0.2) is 340 Å². The van der Waals surface area contributed by atoms with E-state index in [4.69, 9.17) is 53.3 Å². The van der Waals surface area contributed by atoms with Crippen LogP contribution in [0.4, 0.5) is 0 Å². The third-order valence-corrected chi connectivity index (χ3v) is 22.6. The average molecular weight is 2660 g/mol. The van der Waals surface area contributed by atoms with E-state index in [0.29, 0.717) is 95.8 Å². The Kier molecular flexibility index (Phi) is 27.8. The fourth-order valence-electron chi connectivity index (χ4n) is 15.3. The molecule has 20 heteroatoms. The zero-order chi connectivity index (χ0) is 122. The fraction of sp³-hybridized carbons (Fsp3) is 0.150. The summed E-state index contributed by atoms with van der Waals surface area (Å²) in [6, 6.07) is 108. The normalized spacial score (nSPS) is 14.1. The van der Waals surface area contributed by atoms with Gasteiger partial charge in [-0.1, -0.05) is 166 Å². The van der Waals surface area contributed by atoms with E-state index in [2.05, 4.69) is 108 Å². The fourth-order valence-corrected chi connectivity index (χ4v) is 15.3. The van der Waals surface area contributed by atoms with Crippen LogP contribution in [-0.4, -0.2) is 59.8 Å². The monoisotopic (exact) mass is 2660 g/mol. The van der Waals surface area contributed by atoms with Crippen LogP contribution in [0.3, 0.4) is 0 Å². The van der Waals surface area contributed by atoms with Crippen molar-refractivity contribution < 1.29 is 134 Å². The molecular formula is C127H106Ir4N12O4-8. The Morgan fingerprint density at radius 2 is 0.537 bits per heavy atom. The molecule has 0 saturated carbocycles. The van der Waals surface area contributed by atoms with E-state index in [1.807, 2.05) is 228 Å². The summed E-state index contributed by atoms with van der Waals surface area (Å²) in [6.45, 7) is 0.578. The van der Waals surface area contributed by atoms with Crippen LogP contribution < -0.4 is 0 Å². The Bertz CT molecular complexity index is 8800. The van der Waals surface area contributed by atoms with Crippen LogP contribution >= 0.6 is 0 Å². The van der Waals surface area contributed by atoms with Gasteiger partial charge in [-0.3, -0.25) is 0 Å². The molecule has 0 spiro atoms. The number of rotatable bonds is 12. The van der Waals surface area contributed by atoms with Gasteiger partial charge < -0.3 is 57.5 Å². The van der Waals surface area contributed by atoms with Crippen LogP contribution in [0.25, 0.3) is 178 Å². The van der Waals surface area contributed by atoms with Gasteiger partial charge >= 0.3 is 0 Å². The minimum atomic E-state index is -2.48. The number of pyridine rings is 12. The number of furan rings is 4. The number of aromatic nitrogens is 12. The molecule has 24 aromatic rings. The van der Waals surface area contributed by atoms with Crippen molar-refractivity contribution in [3.8, 4) is 90.1 Å². The molecular weight excluding hydrogens is 2530 g/mol. The SMILES string of the molecule is [2H]C([2H])([2H])c1cc(-c2[c-]ccc3c2oc2nc(C)ccc23)ncc1C([2H])([2H])C.[2H]C([2H])([2H])c1ccc(-c2[c-]cccc2)nc1.[2H]C([2H])([2H])c1cnc(-c2[c-]ccc3c2oc2nc(C)ccc23)cc1C([2H])([2H])C.[2H]C([2H])([2H])c1cnc(-c2[c-]ccc3c2oc2nc(C)ccc23)cc1C([2H])([2H])C.[2H]C([2H])([2H])c1cnc(-c2[c-]ccc3c2oc2nc(C)ccc23)cc1C([2H])([2H])C.[2H]C([2H])([2H])c1cnc(-c2[c-]cccc2)cc1C.[Ir].[Ir].[Ir].[Ir].[c-]1ccccc1-c1ccccn1.[c-]1ccccc1-c1ccccn1. The molecule has 147 heavy (non-hydrogen) atoms. The van der Waals surface area contributed by atoms with Crippen molar-refractivity contribution >= 4 is 88.3 Å². The van der Waals surface area contributed by atoms with Gasteiger partial charge in [0.2, 0.25) is 22.9 Å². The average Bonchev–Trinajstić information content (AvgIpc) is 1.65. The van der Waals surface area contributed by atoms with Gasteiger partial charge in [-0.15, -0.1) is 216 Å². The first-order valence-corrected chi connectivity index (χ1v) is 45.2. The van der Waals surface area contributed by atoms with Crippen LogP contribution in [0.5, 0.6) is 0 Å². The standard InChI is InChI=1S/4C20H17N2O.C13H12N.C12H10N.2C11H8N.4Ir/c3*1-4-14-10-18(21-11-12(14)2)17-7-5-6-15-16-9-8-13(3)22-20(16)23-19(15)17;1-4-14-11-21-18(10-12(14)2)17-7-5-6-15-16-9-8-13(3)22-20(16)23-19(15)17;1-10-8-13(14-9-11(10)2)12-6-4-3-5-7-12;1-10-7-8-12(13-9-10)11-5-3-2-4-6-11;2*1-2-6-10(7-3-1)11-8-4-5-9-12-11;;;;/h4*5-6,8-11H,4H2,1-3H3;3-6,8-9H,1-2H3;2-5,7-9H,1H3;2*1-6,8-9H;;;;/q8*-1;;;;/i4*2D3,4D2;2D3;1D3;;;;;;. The zero-order valence-electron chi connectivity index (χ0n) is 106. The second kappa shape index (κ2) is 51.9. The van der Waals surface area contributed by atoms with Crippen LogP contribution in [0.1, 0.15) is 147 Å². The van der Waals surface area contributed by atoms with Gasteiger partial charge in [0.1, 0.15) is 0 Å². The summed E-state index contributed by atoms with van der Waals surface area (Å²) >= 11 is 0. The number of nitrogens with zero attached hydrogens (tertiary/aromatic N) is 12. The van der Waals surface area contributed by atoms with Crippen molar-refractivity contribution in [2.24, 2.45) is 0 Å². The number of hydrogen-bond acceptors (Lipinski definition) is 16. The summed E-state index contributed by atoms with van der Waals surface area (Å²) in [5.41, 5.74) is 19.6. The van der Waals surface area contributed by atoms with Gasteiger partial charge in [-0.05, 0) is 241 Å². The Balaban J connectivity index is 0.000000164. The minimum absolute atomic E-state index is 0. The Labute approximate surface area is 949 Å². The van der Waals surface area contributed by atoms with Gasteiger partial charge in [0.15, 0.2) is 0 Å². The van der Waals surface area contributed by atoms with E-state index in [-0.39, 0.29) is 130 Å². The molecule has 4 radical (unpaired) electrons. The summed E-state index contributed by atoms with van der Waals surface area (Å²) in [5, 5.41) is 6.82. The zero-order valence-corrected chi connectivity index (χ0v) is 90.0. The van der Waals surface area contributed by atoms with Gasteiger partial charge in [0.25, 0.3) is 0 Å². The Morgan fingerprint density at radius 1 is 0.238 bits per heavy atom. The predicted molar refractivity (Wildman–Crippen MR) is 578 cm³/mol. The summed E-state index contributed by atoms with van der Waals surface area (Å²) in [6.07, 6.45) is 3.98. The second-order valence-electron chi connectivity index (χ2n) is 32.3. The van der Waals surface area contributed by atoms with Crippen LogP contribution in [0, 0.1) is 124 Å². The molecule has 0 unspecified atom stereocenters. The third kappa shape index (κ3) is 26.4. The van der Waals surface area contributed by atoms with E-state index >= 15 is 0 Å². The molecule has 0 aliphatic heterocycles. The van der Waals surface area contributed by atoms with Crippen molar-refractivity contribution in [1.82, 2.24) is 59.8 Å². The molecule has 16 nitrogen and oxygen atoms in total. The smallest absolute Gasteiger partial charge is 0.216 e. The maximum Gasteiger partial charge on any atom is 0.216 e. The number of hydrogen-bond donors (Lipinski definition) is 0. The predicted octanol–water partition coefficient (Wildman–Crippen LogP) is 31.2. The third-order valence-electron chi connectivity index (χ3n) is 22.6. The van der Waals surface area contributed by atoms with Gasteiger partial charge in [0.05, 0.1) is 22.3 Å². The first-order chi connectivity index (χ1) is 79.7. The Hall–Kier alpha value is -14.6. The van der Waals surface area contributed by atoms with E-state index in [1.165, 1.54) is 89.1 Å². The van der Waals surface area contributed by atoms with Crippen molar-refractivity contribution in [3.63, 3.8) is 0 Å². The van der Waals surface area contributed by atoms with Crippen molar-refractivity contribution in [3.05, 3.63) is 455 Å². The molecule has 0 bridgehead atoms. The van der Waals surface area contributed by atoms with Gasteiger partial charge in [0, 0.05) is 210 Å². The van der Waals surface area contributed by atoms with E-state index < -0.39 is 66.6 Å². The summed E-state index contributed by atoms with van der Waals surface area (Å²) in [7, 11) is 0.